The predicted molar refractivity (Wildman–Crippen MR) is 62.5 cm³/mol. The smallest absolute Gasteiger partial charge is 0.222 e. The van der Waals surface area contributed by atoms with Crippen LogP contribution in [-0.2, 0) is 0 Å². The molecule has 0 aliphatic rings. The summed E-state index contributed by atoms with van der Waals surface area (Å²) in [5, 5.41) is 1.23. The molecular formula is C10H5Cl3N2. The molecule has 1 aromatic carbocycles. The van der Waals surface area contributed by atoms with Crippen molar-refractivity contribution in [2.24, 2.45) is 0 Å². The molecule has 1 aromatic heterocycles. The molecule has 0 aliphatic heterocycles. The molecule has 0 saturated heterocycles. The Bertz CT molecular complexity index is 500. The van der Waals surface area contributed by atoms with Crippen molar-refractivity contribution in [3.8, 4) is 11.3 Å². The monoisotopic (exact) mass is 258 g/mol. The largest absolute Gasteiger partial charge is 0.225 e. The van der Waals surface area contributed by atoms with Crippen molar-refractivity contribution < 1.29 is 0 Å². The number of benzene rings is 1. The van der Waals surface area contributed by atoms with Gasteiger partial charge in [-0.3, -0.25) is 0 Å². The molecule has 5 heteroatoms. The Morgan fingerprint density at radius 3 is 2.60 bits per heavy atom. The minimum Gasteiger partial charge on any atom is -0.225 e. The SMILES string of the molecule is Clc1cccc(-c2nc(Cl)ncc2Cl)c1. The number of nitrogens with zero attached hydrogens (tertiary/aromatic N) is 2. The average Bonchev–Trinajstić information content (AvgIpc) is 2.22. The first kappa shape index (κ1) is 10.7. The number of hydrogen-bond donors (Lipinski definition) is 0. The summed E-state index contributed by atoms with van der Waals surface area (Å²) in [7, 11) is 0. The van der Waals surface area contributed by atoms with E-state index in [0.717, 1.165) is 5.56 Å². The van der Waals surface area contributed by atoms with Crippen LogP contribution in [0.2, 0.25) is 15.3 Å². The summed E-state index contributed by atoms with van der Waals surface area (Å²) in [4.78, 5) is 7.82. The molecule has 0 amide bonds. The Labute approximate surface area is 102 Å². The Morgan fingerprint density at radius 1 is 1.07 bits per heavy atom. The maximum absolute atomic E-state index is 5.96. The zero-order chi connectivity index (χ0) is 10.8. The van der Waals surface area contributed by atoms with Gasteiger partial charge < -0.3 is 0 Å². The minimum atomic E-state index is 0.161. The first-order valence-corrected chi connectivity index (χ1v) is 5.24. The van der Waals surface area contributed by atoms with E-state index >= 15 is 0 Å². The highest BCUT2D eigenvalue weighted by Crippen LogP contribution is 2.27. The van der Waals surface area contributed by atoms with E-state index in [4.69, 9.17) is 34.8 Å². The normalized spacial score (nSPS) is 10.3. The molecule has 0 bridgehead atoms. The molecule has 15 heavy (non-hydrogen) atoms. The molecular weight excluding hydrogens is 254 g/mol. The van der Waals surface area contributed by atoms with Gasteiger partial charge in [-0.25, -0.2) is 9.97 Å². The van der Waals surface area contributed by atoms with Crippen LogP contribution in [0.15, 0.2) is 30.5 Å². The number of rotatable bonds is 1. The minimum absolute atomic E-state index is 0.161. The lowest BCUT2D eigenvalue weighted by Gasteiger charge is -2.03. The third kappa shape index (κ3) is 2.40. The van der Waals surface area contributed by atoms with Crippen LogP contribution in [-0.4, -0.2) is 9.97 Å². The predicted octanol–water partition coefficient (Wildman–Crippen LogP) is 4.10. The molecule has 2 nitrogen and oxygen atoms in total. The van der Waals surface area contributed by atoms with Crippen molar-refractivity contribution >= 4 is 34.8 Å². The zero-order valence-corrected chi connectivity index (χ0v) is 9.68. The summed E-state index contributed by atoms with van der Waals surface area (Å²) >= 11 is 17.5. The highest BCUT2D eigenvalue weighted by Gasteiger charge is 2.07. The van der Waals surface area contributed by atoms with Gasteiger partial charge in [-0.15, -0.1) is 0 Å². The van der Waals surface area contributed by atoms with Gasteiger partial charge in [-0.2, -0.15) is 0 Å². The van der Waals surface area contributed by atoms with E-state index in [2.05, 4.69) is 9.97 Å². The van der Waals surface area contributed by atoms with Crippen LogP contribution in [0.25, 0.3) is 11.3 Å². The summed E-state index contributed by atoms with van der Waals surface area (Å²) in [5.41, 5.74) is 1.40. The highest BCUT2D eigenvalue weighted by atomic mass is 35.5. The molecule has 2 rings (SSSR count). The maximum atomic E-state index is 5.96. The first-order valence-electron chi connectivity index (χ1n) is 4.11. The van der Waals surface area contributed by atoms with Gasteiger partial charge in [0.1, 0.15) is 0 Å². The Morgan fingerprint density at radius 2 is 1.87 bits per heavy atom. The third-order valence-corrected chi connectivity index (χ3v) is 2.51. The molecule has 0 fully saturated rings. The fourth-order valence-corrected chi connectivity index (χ4v) is 1.71. The Kier molecular flexibility index (Phi) is 3.10. The van der Waals surface area contributed by atoms with Crippen LogP contribution in [0.1, 0.15) is 0 Å². The van der Waals surface area contributed by atoms with Crippen LogP contribution in [0.5, 0.6) is 0 Å². The first-order chi connectivity index (χ1) is 7.16. The van der Waals surface area contributed by atoms with Crippen molar-refractivity contribution in [2.75, 3.05) is 0 Å². The van der Waals surface area contributed by atoms with Crippen LogP contribution in [0.4, 0.5) is 0 Å². The van der Waals surface area contributed by atoms with E-state index in [9.17, 15) is 0 Å². The molecule has 76 valence electrons. The van der Waals surface area contributed by atoms with Gasteiger partial charge in [0.05, 0.1) is 16.9 Å². The molecule has 0 saturated carbocycles. The van der Waals surface area contributed by atoms with Crippen molar-refractivity contribution in [3.05, 3.63) is 45.8 Å². The quantitative estimate of drug-likeness (QED) is 0.721. The van der Waals surface area contributed by atoms with Gasteiger partial charge in [0.15, 0.2) is 0 Å². The number of halogens is 3. The van der Waals surface area contributed by atoms with E-state index in [1.807, 2.05) is 12.1 Å². The Hall–Kier alpha value is -0.830. The van der Waals surface area contributed by atoms with E-state index in [1.54, 1.807) is 12.1 Å². The van der Waals surface area contributed by atoms with Crippen LogP contribution >= 0.6 is 34.8 Å². The standard InChI is InChI=1S/C10H5Cl3N2/c11-7-3-1-2-6(4-7)9-8(12)5-14-10(13)15-9/h1-5H. The molecule has 2 aromatic rings. The van der Waals surface area contributed by atoms with Gasteiger partial charge >= 0.3 is 0 Å². The van der Waals surface area contributed by atoms with Crippen molar-refractivity contribution in [1.82, 2.24) is 9.97 Å². The van der Waals surface area contributed by atoms with Gasteiger partial charge in [0, 0.05) is 10.6 Å². The van der Waals surface area contributed by atoms with Crippen molar-refractivity contribution in [2.45, 2.75) is 0 Å². The van der Waals surface area contributed by atoms with Gasteiger partial charge in [0.25, 0.3) is 0 Å². The average molecular weight is 260 g/mol. The zero-order valence-electron chi connectivity index (χ0n) is 7.42. The van der Waals surface area contributed by atoms with E-state index in [1.165, 1.54) is 6.20 Å². The van der Waals surface area contributed by atoms with Crippen molar-refractivity contribution in [1.29, 1.82) is 0 Å². The summed E-state index contributed by atoms with van der Waals surface area (Å²) in [6.07, 6.45) is 1.47. The lowest BCUT2D eigenvalue weighted by Crippen LogP contribution is -1.88. The molecule has 0 radical (unpaired) electrons. The van der Waals surface area contributed by atoms with E-state index in [-0.39, 0.29) is 5.28 Å². The molecule has 0 N–H and O–H groups in total. The molecule has 0 aliphatic carbocycles. The van der Waals surface area contributed by atoms with Crippen molar-refractivity contribution in [3.63, 3.8) is 0 Å². The second kappa shape index (κ2) is 4.35. The van der Waals surface area contributed by atoms with Gasteiger partial charge in [-0.05, 0) is 23.7 Å². The summed E-state index contributed by atoms with van der Waals surface area (Å²) in [6, 6.07) is 7.23. The van der Waals surface area contributed by atoms with E-state index < -0.39 is 0 Å². The fraction of sp³-hybridized carbons (Fsp3) is 0. The third-order valence-electron chi connectivity index (χ3n) is 1.81. The summed E-state index contributed by atoms with van der Waals surface area (Å²) in [6.45, 7) is 0. The molecule has 0 spiro atoms. The van der Waals surface area contributed by atoms with E-state index in [0.29, 0.717) is 15.7 Å². The second-order valence-electron chi connectivity index (χ2n) is 2.85. The topological polar surface area (TPSA) is 25.8 Å². The van der Waals surface area contributed by atoms with Gasteiger partial charge in [-0.1, -0.05) is 35.3 Å². The lowest BCUT2D eigenvalue weighted by molar-refractivity contribution is 1.17. The molecule has 0 unspecified atom stereocenters. The number of aromatic nitrogens is 2. The van der Waals surface area contributed by atoms with Crippen LogP contribution < -0.4 is 0 Å². The second-order valence-corrected chi connectivity index (χ2v) is 4.03. The van der Waals surface area contributed by atoms with Crippen LogP contribution in [0, 0.1) is 0 Å². The van der Waals surface area contributed by atoms with Crippen LogP contribution in [0.3, 0.4) is 0 Å². The summed E-state index contributed by atoms with van der Waals surface area (Å²) < 4.78 is 0. The lowest BCUT2D eigenvalue weighted by atomic mass is 10.1. The Balaban J connectivity index is 2.58. The molecule has 1 heterocycles. The fourth-order valence-electron chi connectivity index (χ4n) is 1.18. The maximum Gasteiger partial charge on any atom is 0.222 e. The molecule has 0 atom stereocenters. The number of hydrogen-bond acceptors (Lipinski definition) is 2. The van der Waals surface area contributed by atoms with Gasteiger partial charge in [0.2, 0.25) is 5.28 Å². The highest BCUT2D eigenvalue weighted by molar-refractivity contribution is 6.34. The summed E-state index contributed by atoms with van der Waals surface area (Å²) in [5.74, 6) is 0.